The summed E-state index contributed by atoms with van der Waals surface area (Å²) < 4.78 is 40.0. The lowest BCUT2D eigenvalue weighted by Crippen LogP contribution is -2.43. The number of urea groups is 1. The van der Waals surface area contributed by atoms with Crippen LogP contribution in [0, 0.1) is 5.82 Å². The van der Waals surface area contributed by atoms with Crippen LogP contribution >= 0.6 is 0 Å². The molecule has 1 aromatic rings. The van der Waals surface area contributed by atoms with Crippen LogP contribution in [0.15, 0.2) is 29.2 Å². The van der Waals surface area contributed by atoms with Crippen LogP contribution < -0.4 is 10.0 Å². The molecule has 1 unspecified atom stereocenters. The van der Waals surface area contributed by atoms with Gasteiger partial charge in [-0.3, -0.25) is 14.5 Å². The van der Waals surface area contributed by atoms with Gasteiger partial charge in [-0.05, 0) is 18.6 Å². The molecule has 0 saturated carbocycles. The molecule has 1 aromatic carbocycles. The van der Waals surface area contributed by atoms with E-state index in [0.717, 1.165) is 17.0 Å². The van der Waals surface area contributed by atoms with E-state index in [1.165, 1.54) is 17.0 Å². The van der Waals surface area contributed by atoms with Gasteiger partial charge in [0.25, 0.3) is 0 Å². The largest absolute Gasteiger partial charge is 0.340 e. The van der Waals surface area contributed by atoms with Crippen molar-refractivity contribution in [2.45, 2.75) is 23.8 Å². The summed E-state index contributed by atoms with van der Waals surface area (Å²) in [6, 6.07) is 4.13. The number of carbonyl (C=O) groups is 3. The van der Waals surface area contributed by atoms with Gasteiger partial charge in [-0.1, -0.05) is 12.1 Å². The summed E-state index contributed by atoms with van der Waals surface area (Å²) in [6.07, 6.45) is 0.367. The molecule has 9 nitrogen and oxygen atoms in total. The van der Waals surface area contributed by atoms with Crippen LogP contribution in [0.4, 0.5) is 9.18 Å². The molecule has 0 bridgehead atoms. The monoisotopic (exact) mass is 398 g/mol. The minimum absolute atomic E-state index is 0.0406. The minimum Gasteiger partial charge on any atom is -0.340 e. The van der Waals surface area contributed by atoms with Crippen molar-refractivity contribution in [3.8, 4) is 0 Å². The van der Waals surface area contributed by atoms with E-state index >= 15 is 0 Å². The average Bonchev–Trinajstić information content (AvgIpc) is 3.21. The van der Waals surface area contributed by atoms with Crippen molar-refractivity contribution in [2.24, 2.45) is 0 Å². The van der Waals surface area contributed by atoms with E-state index in [9.17, 15) is 27.2 Å². The minimum atomic E-state index is -4.05. The summed E-state index contributed by atoms with van der Waals surface area (Å²) in [6.45, 7) is 0.375. The third kappa shape index (κ3) is 4.08. The second kappa shape index (κ2) is 7.61. The number of nitrogens with one attached hydrogen (secondary N) is 2. The number of carbonyl (C=O) groups excluding carboxylic acids is 3. The van der Waals surface area contributed by atoms with Crippen molar-refractivity contribution in [3.63, 3.8) is 0 Å². The number of hydrogen-bond donors (Lipinski definition) is 2. The molecule has 3 rings (SSSR count). The first-order chi connectivity index (χ1) is 12.8. The number of imide groups is 1. The lowest BCUT2D eigenvalue weighted by molar-refractivity contribution is -0.131. The number of amides is 4. The van der Waals surface area contributed by atoms with Gasteiger partial charge in [-0.25, -0.2) is 22.3 Å². The van der Waals surface area contributed by atoms with Gasteiger partial charge in [0.15, 0.2) is 0 Å². The SMILES string of the molecule is O=C(CCNS(=O)(=O)c1ccccc1F)N1CCC(N2C(=O)CNC2=O)C1. The fraction of sp³-hybridized carbons (Fsp3) is 0.438. The molecular formula is C16H19FN4O5S. The smallest absolute Gasteiger partial charge is 0.324 e. The Morgan fingerprint density at radius 3 is 2.70 bits per heavy atom. The molecule has 27 heavy (non-hydrogen) atoms. The maximum absolute atomic E-state index is 13.6. The third-order valence-corrected chi connectivity index (χ3v) is 6.01. The summed E-state index contributed by atoms with van der Waals surface area (Å²) in [5, 5.41) is 2.44. The van der Waals surface area contributed by atoms with E-state index in [1.807, 2.05) is 0 Å². The molecule has 0 radical (unpaired) electrons. The van der Waals surface area contributed by atoms with Crippen LogP contribution in [0.1, 0.15) is 12.8 Å². The van der Waals surface area contributed by atoms with Crippen molar-refractivity contribution in [1.82, 2.24) is 19.8 Å². The molecule has 0 spiro atoms. The number of halogens is 1. The molecule has 2 N–H and O–H groups in total. The zero-order valence-electron chi connectivity index (χ0n) is 14.4. The predicted molar refractivity (Wildman–Crippen MR) is 91.4 cm³/mol. The molecule has 2 saturated heterocycles. The van der Waals surface area contributed by atoms with Crippen LogP contribution in [-0.2, 0) is 19.6 Å². The molecule has 0 aromatic heterocycles. The first kappa shape index (κ1) is 19.2. The fourth-order valence-electron chi connectivity index (χ4n) is 3.17. The number of benzene rings is 1. The topological polar surface area (TPSA) is 116 Å². The Bertz CT molecular complexity index is 859. The van der Waals surface area contributed by atoms with E-state index < -0.39 is 26.8 Å². The van der Waals surface area contributed by atoms with Crippen LogP contribution in [0.2, 0.25) is 0 Å². The molecule has 146 valence electrons. The average molecular weight is 398 g/mol. The molecular weight excluding hydrogens is 379 g/mol. The Balaban J connectivity index is 1.51. The molecule has 2 fully saturated rings. The summed E-state index contributed by atoms with van der Waals surface area (Å²) in [7, 11) is -4.05. The van der Waals surface area contributed by atoms with Gasteiger partial charge in [0.1, 0.15) is 10.7 Å². The van der Waals surface area contributed by atoms with Gasteiger partial charge in [0.05, 0.1) is 12.6 Å². The molecule has 2 aliphatic rings. The van der Waals surface area contributed by atoms with Crippen molar-refractivity contribution < 1.29 is 27.2 Å². The van der Waals surface area contributed by atoms with Crippen LogP contribution in [-0.4, -0.2) is 68.3 Å². The predicted octanol–water partition coefficient (Wildman–Crippen LogP) is -0.353. The Morgan fingerprint density at radius 2 is 2.04 bits per heavy atom. The van der Waals surface area contributed by atoms with E-state index in [4.69, 9.17) is 0 Å². The number of likely N-dealkylation sites (tertiary alicyclic amines) is 1. The highest BCUT2D eigenvalue weighted by molar-refractivity contribution is 7.89. The van der Waals surface area contributed by atoms with E-state index in [2.05, 4.69) is 10.0 Å². The maximum Gasteiger partial charge on any atom is 0.324 e. The third-order valence-electron chi connectivity index (χ3n) is 4.52. The molecule has 4 amide bonds. The van der Waals surface area contributed by atoms with Gasteiger partial charge < -0.3 is 10.2 Å². The summed E-state index contributed by atoms with van der Waals surface area (Å²) in [4.78, 5) is 37.8. The molecule has 2 aliphatic heterocycles. The van der Waals surface area contributed by atoms with E-state index in [-0.39, 0.29) is 43.9 Å². The first-order valence-electron chi connectivity index (χ1n) is 8.41. The maximum atomic E-state index is 13.6. The van der Waals surface area contributed by atoms with Crippen LogP contribution in [0.5, 0.6) is 0 Å². The van der Waals surface area contributed by atoms with Gasteiger partial charge in [0, 0.05) is 26.1 Å². The van der Waals surface area contributed by atoms with E-state index in [0.29, 0.717) is 13.0 Å². The lowest BCUT2D eigenvalue weighted by atomic mass is 10.2. The Morgan fingerprint density at radius 1 is 1.30 bits per heavy atom. The quantitative estimate of drug-likeness (QED) is 0.636. The number of sulfonamides is 1. The number of rotatable bonds is 6. The highest BCUT2D eigenvalue weighted by Crippen LogP contribution is 2.19. The molecule has 0 aliphatic carbocycles. The zero-order valence-corrected chi connectivity index (χ0v) is 15.2. The second-order valence-electron chi connectivity index (χ2n) is 6.28. The lowest BCUT2D eigenvalue weighted by Gasteiger charge is -2.21. The Labute approximate surface area is 155 Å². The number of hydrogen-bond acceptors (Lipinski definition) is 5. The molecule has 2 heterocycles. The van der Waals surface area contributed by atoms with Gasteiger partial charge >= 0.3 is 6.03 Å². The summed E-state index contributed by atoms with van der Waals surface area (Å²) >= 11 is 0. The van der Waals surface area contributed by atoms with Crippen molar-refractivity contribution in [2.75, 3.05) is 26.2 Å². The summed E-state index contributed by atoms with van der Waals surface area (Å²) in [5.41, 5.74) is 0. The fourth-order valence-corrected chi connectivity index (χ4v) is 4.28. The first-order valence-corrected chi connectivity index (χ1v) is 9.90. The van der Waals surface area contributed by atoms with E-state index in [1.54, 1.807) is 0 Å². The standard InChI is InChI=1S/C16H19FN4O5S/c17-12-3-1-2-4-13(12)27(25,26)19-7-5-14(22)20-8-6-11(10-20)21-15(23)9-18-16(21)24/h1-4,11,19H,5-10H2,(H,18,24). The number of nitrogens with zero attached hydrogens (tertiary/aromatic N) is 2. The van der Waals surface area contributed by atoms with Crippen molar-refractivity contribution in [1.29, 1.82) is 0 Å². The Kier molecular flexibility index (Phi) is 5.42. The Hall–Kier alpha value is -2.53. The van der Waals surface area contributed by atoms with Gasteiger partial charge in [-0.2, -0.15) is 0 Å². The van der Waals surface area contributed by atoms with Gasteiger partial charge in [0.2, 0.25) is 21.8 Å². The summed E-state index contributed by atoms with van der Waals surface area (Å²) in [5.74, 6) is -1.50. The van der Waals surface area contributed by atoms with Crippen molar-refractivity contribution in [3.05, 3.63) is 30.1 Å². The van der Waals surface area contributed by atoms with Crippen LogP contribution in [0.3, 0.4) is 0 Å². The normalized spacial score (nSPS) is 20.3. The highest BCUT2D eigenvalue weighted by Gasteiger charge is 2.39. The zero-order chi connectivity index (χ0) is 19.6. The van der Waals surface area contributed by atoms with Crippen LogP contribution in [0.25, 0.3) is 0 Å². The second-order valence-corrected chi connectivity index (χ2v) is 8.02. The van der Waals surface area contributed by atoms with Crippen molar-refractivity contribution >= 4 is 27.9 Å². The highest BCUT2D eigenvalue weighted by atomic mass is 32.2. The molecule has 11 heteroatoms. The van der Waals surface area contributed by atoms with Gasteiger partial charge in [-0.15, -0.1) is 0 Å². The molecule has 1 atom stereocenters.